The van der Waals surface area contributed by atoms with Crippen molar-refractivity contribution in [3.63, 3.8) is 0 Å². The molecule has 0 bridgehead atoms. The summed E-state index contributed by atoms with van der Waals surface area (Å²) >= 11 is -2.25. The van der Waals surface area contributed by atoms with Crippen molar-refractivity contribution in [2.45, 2.75) is 12.8 Å². The zero-order valence-electron chi connectivity index (χ0n) is 16.5. The molecule has 0 aliphatic carbocycles. The normalized spacial score (nSPS) is 12.2. The number of nitrogens with zero attached hydrogens (tertiary/aromatic N) is 2. The number of aliphatic hydroxyl groups excluding tert-OH is 1. The Bertz CT molecular complexity index is 1180. The van der Waals surface area contributed by atoms with Gasteiger partial charge in [0.05, 0.1) is 29.4 Å². The van der Waals surface area contributed by atoms with Crippen LogP contribution in [0.25, 0.3) is 11.0 Å². The summed E-state index contributed by atoms with van der Waals surface area (Å²) in [5.74, 6) is -5.20. The van der Waals surface area contributed by atoms with Crippen LogP contribution in [-0.4, -0.2) is 49.4 Å². The van der Waals surface area contributed by atoms with Crippen LogP contribution in [0.2, 0.25) is 0 Å². The predicted octanol–water partition coefficient (Wildman–Crippen LogP) is 2.31. The third-order valence-electron chi connectivity index (χ3n) is 4.43. The van der Waals surface area contributed by atoms with Crippen LogP contribution in [0.15, 0.2) is 30.5 Å². The molecule has 0 spiro atoms. The second kappa shape index (κ2) is 10.6. The highest BCUT2D eigenvalue weighted by Crippen LogP contribution is 2.25. The van der Waals surface area contributed by atoms with Gasteiger partial charge in [-0.3, -0.25) is 9.35 Å². The maximum absolute atomic E-state index is 14.9. The largest absolute Gasteiger partial charge is 0.474 e. The van der Waals surface area contributed by atoms with Gasteiger partial charge in [-0.25, -0.2) is 32.1 Å². The Labute approximate surface area is 182 Å². The number of aryl methyl sites for hydroxylation is 1. The molecule has 1 atom stereocenters. The first kappa shape index (κ1) is 23.7. The van der Waals surface area contributed by atoms with Crippen LogP contribution in [0.3, 0.4) is 0 Å². The number of hydrogen-bond acceptors (Lipinski definition) is 6. The van der Waals surface area contributed by atoms with Gasteiger partial charge in [0.25, 0.3) is 0 Å². The lowest BCUT2D eigenvalue weighted by molar-refractivity contribution is 0.102. The highest BCUT2D eigenvalue weighted by atomic mass is 32.2. The van der Waals surface area contributed by atoms with Crippen molar-refractivity contribution in [1.82, 2.24) is 14.7 Å². The van der Waals surface area contributed by atoms with E-state index in [-0.39, 0.29) is 55.1 Å². The molecule has 3 N–H and O–H groups in total. The van der Waals surface area contributed by atoms with E-state index in [1.54, 1.807) is 0 Å². The van der Waals surface area contributed by atoms with E-state index in [9.17, 15) is 22.2 Å². The summed E-state index contributed by atoms with van der Waals surface area (Å²) in [7, 11) is 0. The number of fused-ring (bicyclic) bond motifs is 1. The quantitative estimate of drug-likeness (QED) is 0.180. The maximum atomic E-state index is 14.9. The Hall–Kier alpha value is -2.93. The molecule has 3 rings (SSSR count). The van der Waals surface area contributed by atoms with Crippen LogP contribution in [-0.2, 0) is 17.7 Å². The van der Waals surface area contributed by atoms with E-state index in [2.05, 4.69) is 14.7 Å². The van der Waals surface area contributed by atoms with Crippen molar-refractivity contribution in [3.8, 4) is 5.88 Å². The van der Waals surface area contributed by atoms with Gasteiger partial charge in [-0.2, -0.15) is 0 Å². The molecule has 1 heterocycles. The average Bonchev–Trinajstić information content (AvgIpc) is 2.77. The summed E-state index contributed by atoms with van der Waals surface area (Å²) < 4.78 is 70.0. The van der Waals surface area contributed by atoms with Crippen molar-refractivity contribution in [2.75, 3.05) is 19.8 Å². The monoisotopic (exact) mass is 469 g/mol. The van der Waals surface area contributed by atoms with E-state index in [1.807, 2.05) is 0 Å². The van der Waals surface area contributed by atoms with Gasteiger partial charge >= 0.3 is 0 Å². The highest BCUT2D eigenvalue weighted by molar-refractivity contribution is 7.77. The van der Waals surface area contributed by atoms with Gasteiger partial charge in [-0.1, -0.05) is 0 Å². The standard InChI is InChI=1S/C20H18F3N3O5S/c21-13-8-11(2-1-5-25-32(29)30)18(22)17(19(13)23)20(28)12-3-4-14-15(9-12)26-16(10-24-14)31-7-6-27/h3-4,8-10,25,27H,1-2,5-7H2,(H,29,30). The van der Waals surface area contributed by atoms with Crippen LogP contribution in [0, 0.1) is 17.5 Å². The third-order valence-corrected chi connectivity index (χ3v) is 4.88. The molecule has 0 saturated carbocycles. The van der Waals surface area contributed by atoms with E-state index < -0.39 is 40.1 Å². The van der Waals surface area contributed by atoms with E-state index in [1.165, 1.54) is 24.4 Å². The molecule has 1 aromatic heterocycles. The van der Waals surface area contributed by atoms with Crippen molar-refractivity contribution in [1.29, 1.82) is 0 Å². The smallest absolute Gasteiger partial charge is 0.232 e. The second-order valence-corrected chi connectivity index (χ2v) is 7.37. The zero-order valence-corrected chi connectivity index (χ0v) is 17.3. The number of rotatable bonds is 10. The molecule has 1 unspecified atom stereocenters. The Morgan fingerprint density at radius 1 is 1.16 bits per heavy atom. The number of benzene rings is 2. The Balaban J connectivity index is 1.93. The molecule has 0 aliphatic rings. The Morgan fingerprint density at radius 3 is 2.66 bits per heavy atom. The number of carbonyl (C=O) groups is 1. The molecule has 3 aromatic rings. The van der Waals surface area contributed by atoms with Crippen LogP contribution < -0.4 is 9.46 Å². The SMILES string of the molecule is O=C(c1ccc2ncc(OCCO)nc2c1)c1c(F)c(F)cc(CCCNS(=O)O)c1F. The van der Waals surface area contributed by atoms with Gasteiger partial charge in [-0.15, -0.1) is 0 Å². The van der Waals surface area contributed by atoms with Crippen LogP contribution >= 0.6 is 0 Å². The van der Waals surface area contributed by atoms with E-state index in [4.69, 9.17) is 14.4 Å². The summed E-state index contributed by atoms with van der Waals surface area (Å²) in [6, 6.07) is 4.62. The summed E-state index contributed by atoms with van der Waals surface area (Å²) in [4.78, 5) is 21.1. The van der Waals surface area contributed by atoms with Gasteiger partial charge in [0.1, 0.15) is 12.4 Å². The maximum Gasteiger partial charge on any atom is 0.232 e. The average molecular weight is 469 g/mol. The molecule has 12 heteroatoms. The summed E-state index contributed by atoms with van der Waals surface area (Å²) in [5, 5.41) is 8.83. The lowest BCUT2D eigenvalue weighted by Gasteiger charge is -2.11. The van der Waals surface area contributed by atoms with Gasteiger partial charge in [0.15, 0.2) is 17.4 Å². The van der Waals surface area contributed by atoms with E-state index in [0.717, 1.165) is 0 Å². The first-order chi connectivity index (χ1) is 15.3. The molecule has 0 saturated heterocycles. The molecule has 170 valence electrons. The Morgan fingerprint density at radius 2 is 1.94 bits per heavy atom. The molecular weight excluding hydrogens is 451 g/mol. The van der Waals surface area contributed by atoms with Crippen molar-refractivity contribution < 1.29 is 36.6 Å². The van der Waals surface area contributed by atoms with E-state index >= 15 is 0 Å². The van der Waals surface area contributed by atoms with Crippen LogP contribution in [0.5, 0.6) is 5.88 Å². The van der Waals surface area contributed by atoms with Gasteiger partial charge in [0.2, 0.25) is 17.1 Å². The number of aliphatic hydroxyl groups is 1. The molecule has 0 amide bonds. The molecule has 32 heavy (non-hydrogen) atoms. The molecule has 0 radical (unpaired) electrons. The van der Waals surface area contributed by atoms with Gasteiger partial charge in [-0.05, 0) is 42.7 Å². The number of ether oxygens (including phenoxy) is 1. The third kappa shape index (κ3) is 5.46. The number of nitrogens with one attached hydrogen (secondary N) is 1. The van der Waals surface area contributed by atoms with Crippen LogP contribution in [0.1, 0.15) is 27.9 Å². The number of aromatic nitrogens is 2. The predicted molar refractivity (Wildman–Crippen MR) is 109 cm³/mol. The second-order valence-electron chi connectivity index (χ2n) is 6.58. The lowest BCUT2D eigenvalue weighted by atomic mass is 9.97. The topological polar surface area (TPSA) is 122 Å². The summed E-state index contributed by atoms with van der Waals surface area (Å²) in [5.41, 5.74) is -0.839. The molecule has 0 fully saturated rings. The molecule has 0 aliphatic heterocycles. The number of ketones is 1. The van der Waals surface area contributed by atoms with Crippen molar-refractivity contribution in [3.05, 3.63) is 64.6 Å². The van der Waals surface area contributed by atoms with Gasteiger partial charge < -0.3 is 9.84 Å². The molecular formula is C20H18F3N3O5S. The number of hydrogen-bond donors (Lipinski definition) is 3. The van der Waals surface area contributed by atoms with Gasteiger partial charge in [0, 0.05) is 12.1 Å². The van der Waals surface area contributed by atoms with Crippen molar-refractivity contribution in [2.24, 2.45) is 0 Å². The zero-order chi connectivity index (χ0) is 23.3. The fourth-order valence-corrected chi connectivity index (χ4v) is 3.29. The minimum Gasteiger partial charge on any atom is -0.474 e. The number of carbonyl (C=O) groups excluding carboxylic acids is 1. The minimum atomic E-state index is -2.25. The highest BCUT2D eigenvalue weighted by Gasteiger charge is 2.25. The fourth-order valence-electron chi connectivity index (χ4n) is 2.98. The fraction of sp³-hybridized carbons (Fsp3) is 0.250. The Kier molecular flexibility index (Phi) is 7.85. The number of halogens is 3. The summed E-state index contributed by atoms with van der Waals surface area (Å²) in [6.07, 6.45) is 1.37. The van der Waals surface area contributed by atoms with Crippen molar-refractivity contribution >= 4 is 28.1 Å². The lowest BCUT2D eigenvalue weighted by Crippen LogP contribution is -2.18. The molecule has 2 aromatic carbocycles. The first-order valence-electron chi connectivity index (χ1n) is 9.37. The first-order valence-corrected chi connectivity index (χ1v) is 10.5. The van der Waals surface area contributed by atoms with E-state index in [0.29, 0.717) is 11.6 Å². The van der Waals surface area contributed by atoms with Crippen LogP contribution in [0.4, 0.5) is 13.2 Å². The minimum absolute atomic E-state index is 0.0227. The summed E-state index contributed by atoms with van der Waals surface area (Å²) in [6.45, 7) is -0.244. The molecule has 8 nitrogen and oxygen atoms in total.